The molecule has 0 aliphatic rings. The van der Waals surface area contributed by atoms with Crippen LogP contribution >= 0.6 is 15.8 Å². The number of hydrogen-bond donors (Lipinski definition) is 1. The van der Waals surface area contributed by atoms with E-state index in [2.05, 4.69) is 59.9 Å². The molecule has 4 nitrogen and oxygen atoms in total. The van der Waals surface area contributed by atoms with E-state index < -0.39 is 34.0 Å². The molecule has 0 saturated carbocycles. The molecule has 0 unspecified atom stereocenters. The molecule has 1 amide bonds. The summed E-state index contributed by atoms with van der Waals surface area (Å²) in [6.07, 6.45) is -0.752. The van der Waals surface area contributed by atoms with Crippen LogP contribution in [0.2, 0.25) is 0 Å². The van der Waals surface area contributed by atoms with Crippen molar-refractivity contribution < 1.29 is 14.3 Å². The molecular formula is C47H39NO3P2. The summed E-state index contributed by atoms with van der Waals surface area (Å²) < 4.78 is 6.46. The third-order valence-electron chi connectivity index (χ3n) is 8.99. The van der Waals surface area contributed by atoms with E-state index in [0.717, 1.165) is 37.4 Å². The van der Waals surface area contributed by atoms with Crippen LogP contribution in [0.1, 0.15) is 39.3 Å². The first-order valence-corrected chi connectivity index (χ1v) is 20.3. The summed E-state index contributed by atoms with van der Waals surface area (Å²) in [5, 5.41) is 9.70. The van der Waals surface area contributed by atoms with Crippen molar-refractivity contribution in [2.24, 2.45) is 0 Å². The highest BCUT2D eigenvalue weighted by Gasteiger charge is 2.30. The zero-order valence-electron chi connectivity index (χ0n) is 29.3. The van der Waals surface area contributed by atoms with E-state index in [-0.39, 0.29) is 5.91 Å². The maximum absolute atomic E-state index is 14.4. The van der Waals surface area contributed by atoms with E-state index in [0.29, 0.717) is 11.1 Å². The van der Waals surface area contributed by atoms with Crippen LogP contribution in [-0.4, -0.2) is 17.9 Å². The lowest BCUT2D eigenvalue weighted by Crippen LogP contribution is -2.41. The zero-order valence-corrected chi connectivity index (χ0v) is 31.1. The van der Waals surface area contributed by atoms with Crippen molar-refractivity contribution in [3.8, 4) is 0 Å². The summed E-state index contributed by atoms with van der Waals surface area (Å²) in [4.78, 5) is 28.8. The summed E-state index contributed by atoms with van der Waals surface area (Å²) in [6, 6.07) is 65.9. The van der Waals surface area contributed by atoms with Crippen LogP contribution in [-0.2, 0) is 4.74 Å². The van der Waals surface area contributed by atoms with E-state index in [1.54, 1.807) is 0 Å². The fourth-order valence-electron chi connectivity index (χ4n) is 6.51. The van der Waals surface area contributed by atoms with Gasteiger partial charge < -0.3 is 10.1 Å². The first kappa shape index (κ1) is 35.7. The van der Waals surface area contributed by atoms with Crippen molar-refractivity contribution >= 4 is 59.5 Å². The maximum Gasteiger partial charge on any atom is 0.339 e. The van der Waals surface area contributed by atoms with Crippen molar-refractivity contribution in [2.75, 3.05) is 0 Å². The predicted molar refractivity (Wildman–Crippen MR) is 222 cm³/mol. The molecule has 0 aliphatic heterocycles. The number of rotatable bonds is 12. The topological polar surface area (TPSA) is 55.4 Å². The number of carbonyl (C=O) groups is 2. The molecule has 260 valence electrons. The van der Waals surface area contributed by atoms with E-state index >= 15 is 0 Å². The second-order valence-corrected chi connectivity index (χ2v) is 16.9. The highest BCUT2D eigenvalue weighted by atomic mass is 31.1. The van der Waals surface area contributed by atoms with Gasteiger partial charge in [-0.3, -0.25) is 4.79 Å². The molecule has 7 rings (SSSR count). The SMILES string of the molecule is C[C@H](NC(=O)c1ccccc1P(c1ccccc1)c1ccccc1)[C@H](OC(=O)c1ccccc1P(c1ccccc1)c1ccccc1)c1ccccc1. The van der Waals surface area contributed by atoms with Crippen molar-refractivity contribution in [2.45, 2.75) is 19.1 Å². The molecule has 0 heterocycles. The molecule has 6 heteroatoms. The molecule has 0 aromatic heterocycles. The minimum Gasteiger partial charge on any atom is -0.452 e. The van der Waals surface area contributed by atoms with Crippen LogP contribution in [0.5, 0.6) is 0 Å². The highest BCUT2D eigenvalue weighted by Crippen LogP contribution is 2.36. The Bertz CT molecular complexity index is 2170. The number of hydrogen-bond acceptors (Lipinski definition) is 3. The Hall–Kier alpha value is -5.66. The van der Waals surface area contributed by atoms with Gasteiger partial charge in [-0.15, -0.1) is 0 Å². The fraction of sp³-hybridized carbons (Fsp3) is 0.0638. The number of esters is 1. The lowest BCUT2D eigenvalue weighted by molar-refractivity contribution is 0.0209. The minimum atomic E-state index is -1.06. The third kappa shape index (κ3) is 8.37. The summed E-state index contributed by atoms with van der Waals surface area (Å²) in [7, 11) is -2.08. The quantitative estimate of drug-likeness (QED) is 0.103. The van der Waals surface area contributed by atoms with E-state index in [1.807, 2.05) is 153 Å². The maximum atomic E-state index is 14.4. The molecule has 53 heavy (non-hydrogen) atoms. The molecule has 0 bridgehead atoms. The van der Waals surface area contributed by atoms with Crippen molar-refractivity contribution in [1.29, 1.82) is 0 Å². The highest BCUT2D eigenvalue weighted by molar-refractivity contribution is 7.80. The van der Waals surface area contributed by atoms with Gasteiger partial charge in [-0.05, 0) is 72.3 Å². The fourth-order valence-corrected chi connectivity index (χ4v) is 11.4. The average Bonchev–Trinajstić information content (AvgIpc) is 3.22. The number of nitrogens with one attached hydrogen (secondary N) is 1. The van der Waals surface area contributed by atoms with Crippen LogP contribution in [0.25, 0.3) is 0 Å². The Morgan fingerprint density at radius 1 is 0.453 bits per heavy atom. The van der Waals surface area contributed by atoms with Crippen LogP contribution in [0.15, 0.2) is 200 Å². The number of amides is 1. The van der Waals surface area contributed by atoms with Crippen molar-refractivity contribution in [1.82, 2.24) is 5.32 Å². The van der Waals surface area contributed by atoms with E-state index in [1.165, 1.54) is 0 Å². The van der Waals surface area contributed by atoms with Crippen LogP contribution in [0.4, 0.5) is 0 Å². The van der Waals surface area contributed by atoms with Gasteiger partial charge >= 0.3 is 5.97 Å². The second kappa shape index (κ2) is 17.2. The summed E-state index contributed by atoms with van der Waals surface area (Å²) in [5.41, 5.74) is 1.90. The van der Waals surface area contributed by atoms with Crippen molar-refractivity contribution in [3.63, 3.8) is 0 Å². The van der Waals surface area contributed by atoms with Gasteiger partial charge in [-0.2, -0.15) is 0 Å². The van der Waals surface area contributed by atoms with Crippen LogP contribution < -0.4 is 37.1 Å². The second-order valence-electron chi connectivity index (χ2n) is 12.5. The van der Waals surface area contributed by atoms with Gasteiger partial charge in [-0.25, -0.2) is 4.79 Å². The number of carbonyl (C=O) groups excluding carboxylic acids is 2. The molecule has 0 fully saturated rings. The van der Waals surface area contributed by atoms with Crippen LogP contribution in [0, 0.1) is 0 Å². The minimum absolute atomic E-state index is 0.221. The Morgan fingerprint density at radius 2 is 0.792 bits per heavy atom. The molecule has 0 aliphatic carbocycles. The Kier molecular flexibility index (Phi) is 11.6. The molecule has 0 radical (unpaired) electrons. The van der Waals surface area contributed by atoms with E-state index in [9.17, 15) is 9.59 Å². The normalized spacial score (nSPS) is 12.2. The molecule has 2 atom stereocenters. The molecule has 7 aromatic carbocycles. The zero-order chi connectivity index (χ0) is 36.4. The first-order chi connectivity index (χ1) is 26.1. The molecule has 7 aromatic rings. The lowest BCUT2D eigenvalue weighted by Gasteiger charge is -2.28. The molecule has 0 saturated heterocycles. The van der Waals surface area contributed by atoms with E-state index in [4.69, 9.17) is 4.74 Å². The summed E-state index contributed by atoms with van der Waals surface area (Å²) >= 11 is 0. The molecule has 1 N–H and O–H groups in total. The van der Waals surface area contributed by atoms with Gasteiger partial charge in [0.05, 0.1) is 11.6 Å². The van der Waals surface area contributed by atoms with Gasteiger partial charge in [0.25, 0.3) is 5.91 Å². The monoisotopic (exact) mass is 727 g/mol. The Morgan fingerprint density at radius 3 is 1.23 bits per heavy atom. The molecule has 0 spiro atoms. The van der Waals surface area contributed by atoms with Crippen LogP contribution in [0.3, 0.4) is 0 Å². The average molecular weight is 728 g/mol. The standard InChI is InChI=1S/C47H39NO3P2/c1-35(48-46(49)41-31-17-19-33-43(41)52(37-23-9-3-10-24-37)38-25-11-4-12-26-38)45(36-21-7-2-8-22-36)51-47(50)42-32-18-20-34-44(42)53(39-27-13-5-14-28-39)40-29-15-6-16-30-40/h2-35,45H,1H3,(H,48,49)/t35-,45-/m0/s1. The summed E-state index contributed by atoms with van der Waals surface area (Å²) in [5.74, 6) is -0.659. The van der Waals surface area contributed by atoms with Gasteiger partial charge in [0.2, 0.25) is 0 Å². The van der Waals surface area contributed by atoms with Crippen molar-refractivity contribution in [3.05, 3.63) is 217 Å². The summed E-state index contributed by atoms with van der Waals surface area (Å²) in [6.45, 7) is 1.90. The van der Waals surface area contributed by atoms with Gasteiger partial charge in [0.15, 0.2) is 0 Å². The Balaban J connectivity index is 1.21. The molecular weight excluding hydrogens is 688 g/mol. The van der Waals surface area contributed by atoms with Gasteiger partial charge in [0, 0.05) is 5.56 Å². The third-order valence-corrected chi connectivity index (χ3v) is 14.0. The first-order valence-electron chi connectivity index (χ1n) is 17.6. The Labute approximate surface area is 314 Å². The smallest absolute Gasteiger partial charge is 0.339 e. The van der Waals surface area contributed by atoms with Gasteiger partial charge in [-0.1, -0.05) is 188 Å². The van der Waals surface area contributed by atoms with Gasteiger partial charge in [0.1, 0.15) is 6.10 Å². The lowest BCUT2D eigenvalue weighted by atomic mass is 10.0. The number of ether oxygens (including phenoxy) is 1. The predicted octanol–water partition coefficient (Wildman–Crippen LogP) is 7.92. The largest absolute Gasteiger partial charge is 0.452 e. The number of benzene rings is 7.